The number of para-hydroxylation sites is 1. The molecule has 30 heavy (non-hydrogen) atoms. The molecular weight excluding hydrogens is 374 g/mol. The van der Waals surface area contributed by atoms with Crippen LogP contribution in [0.1, 0.15) is 42.6 Å². The van der Waals surface area contributed by atoms with Crippen LogP contribution in [0.15, 0.2) is 54.6 Å². The first-order valence-corrected chi connectivity index (χ1v) is 10.8. The van der Waals surface area contributed by atoms with Crippen LogP contribution in [0.2, 0.25) is 0 Å². The minimum atomic E-state index is 0.0596. The molecule has 5 heteroatoms. The van der Waals surface area contributed by atoms with Gasteiger partial charge in [0.1, 0.15) is 11.9 Å². The molecule has 1 amide bonds. The first kappa shape index (κ1) is 20.4. The van der Waals surface area contributed by atoms with Crippen LogP contribution in [0.5, 0.6) is 5.75 Å². The lowest BCUT2D eigenvalue weighted by Crippen LogP contribution is -2.68. The fourth-order valence-electron chi connectivity index (χ4n) is 4.74. The third kappa shape index (κ3) is 4.20. The number of carbonyl (C=O) groups excluding carboxylic acids is 1. The standard InChI is InChI=1S/C25H29N3O2/c1-18(2)28-17-23(30-22-6-4-3-5-7-22)24(28)20-12-14-27(15-13-20)25(29)21-10-8-19(16-26)9-11-21/h3-11,18,20,23-24H,12-15,17H2,1-2H3. The Balaban J connectivity index is 1.38. The van der Waals surface area contributed by atoms with E-state index in [1.807, 2.05) is 35.2 Å². The van der Waals surface area contributed by atoms with Crippen molar-refractivity contribution in [3.05, 3.63) is 65.7 Å². The first-order chi connectivity index (χ1) is 14.6. The molecule has 2 aliphatic heterocycles. The molecule has 0 N–H and O–H groups in total. The highest BCUT2D eigenvalue weighted by molar-refractivity contribution is 5.94. The van der Waals surface area contributed by atoms with Gasteiger partial charge in [0.2, 0.25) is 0 Å². The van der Waals surface area contributed by atoms with Crippen LogP contribution < -0.4 is 4.74 Å². The molecule has 2 aliphatic rings. The number of amides is 1. The summed E-state index contributed by atoms with van der Waals surface area (Å²) in [5.74, 6) is 1.52. The monoisotopic (exact) mass is 403 g/mol. The van der Waals surface area contributed by atoms with E-state index in [0.29, 0.717) is 29.1 Å². The zero-order valence-corrected chi connectivity index (χ0v) is 17.7. The fraction of sp³-hybridized carbons (Fsp3) is 0.440. The van der Waals surface area contributed by atoms with Gasteiger partial charge in [0.15, 0.2) is 0 Å². The molecule has 0 saturated carbocycles. The van der Waals surface area contributed by atoms with Gasteiger partial charge in [-0.15, -0.1) is 0 Å². The number of benzene rings is 2. The highest BCUT2D eigenvalue weighted by Gasteiger charge is 2.47. The molecule has 0 radical (unpaired) electrons. The van der Waals surface area contributed by atoms with Crippen molar-refractivity contribution >= 4 is 5.91 Å². The summed E-state index contributed by atoms with van der Waals surface area (Å²) in [5, 5.41) is 8.94. The lowest BCUT2D eigenvalue weighted by atomic mass is 9.79. The summed E-state index contributed by atoms with van der Waals surface area (Å²) in [6.07, 6.45) is 2.19. The predicted octanol–water partition coefficient (Wildman–Crippen LogP) is 3.95. The summed E-state index contributed by atoms with van der Waals surface area (Å²) in [7, 11) is 0. The molecule has 2 heterocycles. The van der Waals surface area contributed by atoms with Crippen LogP contribution in [0.25, 0.3) is 0 Å². The lowest BCUT2D eigenvalue weighted by Gasteiger charge is -2.54. The van der Waals surface area contributed by atoms with E-state index in [0.717, 1.165) is 38.2 Å². The van der Waals surface area contributed by atoms with Gasteiger partial charge in [-0.3, -0.25) is 9.69 Å². The van der Waals surface area contributed by atoms with E-state index < -0.39 is 0 Å². The van der Waals surface area contributed by atoms with Crippen molar-refractivity contribution in [2.24, 2.45) is 5.92 Å². The summed E-state index contributed by atoms with van der Waals surface area (Å²) < 4.78 is 6.31. The number of hydrogen-bond acceptors (Lipinski definition) is 4. The number of rotatable bonds is 5. The van der Waals surface area contributed by atoms with Crippen molar-refractivity contribution in [3.63, 3.8) is 0 Å². The SMILES string of the molecule is CC(C)N1CC(Oc2ccccc2)C1C1CCN(C(=O)c2ccc(C#N)cc2)CC1. The van der Waals surface area contributed by atoms with Gasteiger partial charge in [-0.2, -0.15) is 5.26 Å². The average Bonchev–Trinajstić information content (AvgIpc) is 2.77. The lowest BCUT2D eigenvalue weighted by molar-refractivity contribution is -0.0983. The molecule has 156 valence electrons. The average molecular weight is 404 g/mol. The molecule has 0 spiro atoms. The second-order valence-corrected chi connectivity index (χ2v) is 8.57. The summed E-state index contributed by atoms with van der Waals surface area (Å²) >= 11 is 0. The number of hydrogen-bond donors (Lipinski definition) is 0. The number of nitriles is 1. The number of piperidine rings is 1. The zero-order valence-electron chi connectivity index (χ0n) is 17.7. The van der Waals surface area contributed by atoms with Crippen molar-refractivity contribution in [3.8, 4) is 11.8 Å². The Kier molecular flexibility index (Phi) is 6.06. The first-order valence-electron chi connectivity index (χ1n) is 10.8. The van der Waals surface area contributed by atoms with E-state index >= 15 is 0 Å². The van der Waals surface area contributed by atoms with Gasteiger partial charge in [-0.1, -0.05) is 18.2 Å². The van der Waals surface area contributed by atoms with Crippen molar-refractivity contribution in [1.29, 1.82) is 5.26 Å². The van der Waals surface area contributed by atoms with Crippen molar-refractivity contribution < 1.29 is 9.53 Å². The van der Waals surface area contributed by atoms with Crippen LogP contribution >= 0.6 is 0 Å². The topological polar surface area (TPSA) is 56.6 Å². The van der Waals surface area contributed by atoms with E-state index in [1.54, 1.807) is 24.3 Å². The minimum Gasteiger partial charge on any atom is -0.487 e. The molecule has 2 aromatic rings. The van der Waals surface area contributed by atoms with Crippen molar-refractivity contribution in [2.45, 2.75) is 44.9 Å². The van der Waals surface area contributed by atoms with Crippen LogP contribution in [0.4, 0.5) is 0 Å². The van der Waals surface area contributed by atoms with E-state index in [2.05, 4.69) is 24.8 Å². The van der Waals surface area contributed by atoms with Gasteiger partial charge in [0.25, 0.3) is 5.91 Å². The quantitative estimate of drug-likeness (QED) is 0.759. The second-order valence-electron chi connectivity index (χ2n) is 8.57. The fourth-order valence-corrected chi connectivity index (χ4v) is 4.74. The highest BCUT2D eigenvalue weighted by atomic mass is 16.5. The zero-order chi connectivity index (χ0) is 21.1. The van der Waals surface area contributed by atoms with Crippen LogP contribution in [0.3, 0.4) is 0 Å². The van der Waals surface area contributed by atoms with Crippen molar-refractivity contribution in [2.75, 3.05) is 19.6 Å². The molecule has 2 unspecified atom stereocenters. The molecule has 2 fully saturated rings. The maximum absolute atomic E-state index is 12.8. The maximum atomic E-state index is 12.8. The van der Waals surface area contributed by atoms with Crippen LogP contribution in [-0.4, -0.2) is 53.5 Å². The number of likely N-dealkylation sites (tertiary alicyclic amines) is 2. The van der Waals surface area contributed by atoms with Gasteiger partial charge in [0.05, 0.1) is 17.7 Å². The molecule has 4 rings (SSSR count). The molecule has 0 bridgehead atoms. The Bertz CT molecular complexity index is 896. The second kappa shape index (κ2) is 8.89. The van der Waals surface area contributed by atoms with Gasteiger partial charge in [-0.05, 0) is 69.0 Å². The molecule has 2 saturated heterocycles. The summed E-state index contributed by atoms with van der Waals surface area (Å²) in [4.78, 5) is 17.3. The molecule has 0 aliphatic carbocycles. The van der Waals surface area contributed by atoms with E-state index in [4.69, 9.17) is 10.00 Å². The Hall–Kier alpha value is -2.84. The summed E-state index contributed by atoms with van der Waals surface area (Å²) in [5.41, 5.74) is 1.23. The van der Waals surface area contributed by atoms with Gasteiger partial charge in [-0.25, -0.2) is 0 Å². The molecule has 2 atom stereocenters. The van der Waals surface area contributed by atoms with Crippen LogP contribution in [0, 0.1) is 17.2 Å². The smallest absolute Gasteiger partial charge is 0.253 e. The summed E-state index contributed by atoms with van der Waals surface area (Å²) in [6.45, 7) is 6.99. The van der Waals surface area contributed by atoms with Gasteiger partial charge < -0.3 is 9.64 Å². The van der Waals surface area contributed by atoms with Gasteiger partial charge >= 0.3 is 0 Å². The van der Waals surface area contributed by atoms with E-state index in [9.17, 15) is 4.79 Å². The largest absolute Gasteiger partial charge is 0.487 e. The normalized spacial score (nSPS) is 22.4. The number of ether oxygens (including phenoxy) is 1. The molecule has 2 aromatic carbocycles. The third-order valence-electron chi connectivity index (χ3n) is 6.42. The molecule has 5 nitrogen and oxygen atoms in total. The Morgan fingerprint density at radius 2 is 1.73 bits per heavy atom. The maximum Gasteiger partial charge on any atom is 0.253 e. The number of nitrogens with zero attached hydrogens (tertiary/aromatic N) is 3. The Morgan fingerprint density at radius 1 is 1.07 bits per heavy atom. The van der Waals surface area contributed by atoms with E-state index in [-0.39, 0.29) is 12.0 Å². The Morgan fingerprint density at radius 3 is 2.33 bits per heavy atom. The van der Waals surface area contributed by atoms with Crippen molar-refractivity contribution in [1.82, 2.24) is 9.80 Å². The van der Waals surface area contributed by atoms with Crippen LogP contribution in [-0.2, 0) is 0 Å². The Labute approximate surface area is 178 Å². The predicted molar refractivity (Wildman–Crippen MR) is 116 cm³/mol. The molecular formula is C25H29N3O2. The number of carbonyl (C=O) groups is 1. The van der Waals surface area contributed by atoms with E-state index in [1.165, 1.54) is 0 Å². The van der Waals surface area contributed by atoms with Gasteiger partial charge in [0, 0.05) is 31.2 Å². The third-order valence-corrected chi connectivity index (χ3v) is 6.42. The summed E-state index contributed by atoms with van der Waals surface area (Å²) in [6, 6.07) is 20.0. The molecule has 0 aromatic heterocycles. The minimum absolute atomic E-state index is 0.0596. The highest BCUT2D eigenvalue weighted by Crippen LogP contribution is 2.36.